The first-order chi connectivity index (χ1) is 6.74. The summed E-state index contributed by atoms with van der Waals surface area (Å²) in [6.07, 6.45) is 0. The molecule has 0 bridgehead atoms. The topological polar surface area (TPSA) is 38.5 Å². The van der Waals surface area contributed by atoms with Crippen LogP contribution in [-0.2, 0) is 6.54 Å². The third-order valence-electron chi connectivity index (χ3n) is 1.99. The summed E-state index contributed by atoms with van der Waals surface area (Å²) in [5, 5.41) is 0. The van der Waals surface area contributed by atoms with Crippen molar-refractivity contribution in [2.45, 2.75) is 6.54 Å². The molecule has 0 aliphatic rings. The van der Waals surface area contributed by atoms with E-state index in [9.17, 15) is 0 Å². The predicted octanol–water partition coefficient (Wildman–Crippen LogP) is 1.09. The minimum Gasteiger partial charge on any atom is -0.492 e. The maximum Gasteiger partial charge on any atom is 0.123 e. The van der Waals surface area contributed by atoms with Crippen LogP contribution in [0, 0.1) is 0 Å². The summed E-state index contributed by atoms with van der Waals surface area (Å²) in [6, 6.07) is 7.88. The van der Waals surface area contributed by atoms with E-state index in [4.69, 9.17) is 10.5 Å². The Labute approximate surface area is 85.5 Å². The zero-order chi connectivity index (χ0) is 10.4. The van der Waals surface area contributed by atoms with Crippen LogP contribution in [0.3, 0.4) is 0 Å². The summed E-state index contributed by atoms with van der Waals surface area (Å²) in [7, 11) is 4.05. The van der Waals surface area contributed by atoms with Crippen molar-refractivity contribution in [3.05, 3.63) is 29.8 Å². The lowest BCUT2D eigenvalue weighted by molar-refractivity contribution is 0.259. The lowest BCUT2D eigenvalue weighted by Crippen LogP contribution is -2.19. The van der Waals surface area contributed by atoms with Gasteiger partial charge in [-0.15, -0.1) is 0 Å². The molecule has 0 saturated carbocycles. The smallest absolute Gasteiger partial charge is 0.123 e. The first-order valence-electron chi connectivity index (χ1n) is 4.79. The number of benzene rings is 1. The van der Waals surface area contributed by atoms with Crippen LogP contribution in [0.5, 0.6) is 5.75 Å². The third kappa shape index (κ3) is 3.36. The Balaban J connectivity index is 2.49. The van der Waals surface area contributed by atoms with Crippen LogP contribution in [-0.4, -0.2) is 32.1 Å². The van der Waals surface area contributed by atoms with Gasteiger partial charge >= 0.3 is 0 Å². The van der Waals surface area contributed by atoms with E-state index in [0.717, 1.165) is 17.9 Å². The van der Waals surface area contributed by atoms with Gasteiger partial charge in [-0.3, -0.25) is 0 Å². The summed E-state index contributed by atoms with van der Waals surface area (Å²) in [5.74, 6) is 0.900. The summed E-state index contributed by atoms with van der Waals surface area (Å²) in [5.41, 5.74) is 6.65. The number of hydrogen-bond acceptors (Lipinski definition) is 3. The van der Waals surface area contributed by atoms with E-state index in [1.54, 1.807) is 0 Å². The van der Waals surface area contributed by atoms with Crippen molar-refractivity contribution < 1.29 is 4.74 Å². The van der Waals surface area contributed by atoms with Crippen molar-refractivity contribution >= 4 is 0 Å². The van der Waals surface area contributed by atoms with Crippen LogP contribution < -0.4 is 10.5 Å². The Morgan fingerprint density at radius 2 is 2.00 bits per heavy atom. The molecular weight excluding hydrogens is 176 g/mol. The Morgan fingerprint density at radius 1 is 1.29 bits per heavy atom. The molecule has 0 amide bonds. The molecule has 0 atom stereocenters. The second-order valence-electron chi connectivity index (χ2n) is 3.46. The maximum absolute atomic E-state index is 5.62. The largest absolute Gasteiger partial charge is 0.492 e. The average Bonchev–Trinajstić information content (AvgIpc) is 2.18. The van der Waals surface area contributed by atoms with Crippen molar-refractivity contribution in [3.8, 4) is 5.75 Å². The summed E-state index contributed by atoms with van der Waals surface area (Å²) in [4.78, 5) is 2.09. The molecule has 1 aromatic rings. The standard InChI is InChI=1S/C11H18N2O/c1-13(2)7-8-14-11-6-4-3-5-10(11)9-12/h3-6H,7-9,12H2,1-2H3. The molecule has 0 aromatic heterocycles. The first kappa shape index (κ1) is 11.0. The molecule has 0 unspecified atom stereocenters. The van der Waals surface area contributed by atoms with E-state index in [1.165, 1.54) is 0 Å². The third-order valence-corrected chi connectivity index (χ3v) is 1.99. The fraction of sp³-hybridized carbons (Fsp3) is 0.455. The summed E-state index contributed by atoms with van der Waals surface area (Å²) < 4.78 is 5.62. The average molecular weight is 194 g/mol. The SMILES string of the molecule is CN(C)CCOc1ccccc1CN. The molecule has 0 aliphatic carbocycles. The zero-order valence-electron chi connectivity index (χ0n) is 8.86. The molecule has 3 nitrogen and oxygen atoms in total. The van der Waals surface area contributed by atoms with Gasteiger partial charge in [0.05, 0.1) is 0 Å². The molecular formula is C11H18N2O. The Hall–Kier alpha value is -1.06. The van der Waals surface area contributed by atoms with E-state index < -0.39 is 0 Å². The molecule has 0 heterocycles. The highest BCUT2D eigenvalue weighted by molar-refractivity contribution is 5.32. The minimum absolute atomic E-state index is 0.526. The number of hydrogen-bond donors (Lipinski definition) is 1. The van der Waals surface area contributed by atoms with Crippen molar-refractivity contribution in [2.24, 2.45) is 5.73 Å². The normalized spacial score (nSPS) is 10.6. The molecule has 1 rings (SSSR count). The monoisotopic (exact) mass is 194 g/mol. The number of nitrogens with two attached hydrogens (primary N) is 1. The van der Waals surface area contributed by atoms with E-state index >= 15 is 0 Å². The van der Waals surface area contributed by atoms with Gasteiger partial charge in [-0.25, -0.2) is 0 Å². The molecule has 0 fully saturated rings. The highest BCUT2D eigenvalue weighted by Gasteiger charge is 2.00. The Bertz CT molecular complexity index is 274. The molecule has 0 saturated heterocycles. The van der Waals surface area contributed by atoms with Crippen LogP contribution in [0.1, 0.15) is 5.56 Å². The van der Waals surface area contributed by atoms with Gasteiger partial charge in [0.15, 0.2) is 0 Å². The molecule has 3 heteroatoms. The predicted molar refractivity (Wildman–Crippen MR) is 58.4 cm³/mol. The lowest BCUT2D eigenvalue weighted by Gasteiger charge is -2.13. The van der Waals surface area contributed by atoms with Crippen LogP contribution in [0.15, 0.2) is 24.3 Å². The second kappa shape index (κ2) is 5.62. The van der Waals surface area contributed by atoms with Gasteiger partial charge in [-0.05, 0) is 20.2 Å². The molecule has 0 radical (unpaired) electrons. The van der Waals surface area contributed by atoms with E-state index in [2.05, 4.69) is 4.90 Å². The fourth-order valence-corrected chi connectivity index (χ4v) is 1.15. The van der Waals surface area contributed by atoms with Gasteiger partial charge in [0.2, 0.25) is 0 Å². The molecule has 0 spiro atoms. The highest BCUT2D eigenvalue weighted by Crippen LogP contribution is 2.16. The molecule has 14 heavy (non-hydrogen) atoms. The summed E-state index contributed by atoms with van der Waals surface area (Å²) >= 11 is 0. The van der Waals surface area contributed by atoms with Gasteiger partial charge in [0.25, 0.3) is 0 Å². The lowest BCUT2D eigenvalue weighted by atomic mass is 10.2. The van der Waals surface area contributed by atoms with Crippen LogP contribution >= 0.6 is 0 Å². The fourth-order valence-electron chi connectivity index (χ4n) is 1.15. The van der Waals surface area contributed by atoms with Crippen molar-refractivity contribution in [3.63, 3.8) is 0 Å². The number of ether oxygens (including phenoxy) is 1. The second-order valence-corrected chi connectivity index (χ2v) is 3.46. The van der Waals surface area contributed by atoms with Crippen LogP contribution in [0.2, 0.25) is 0 Å². The van der Waals surface area contributed by atoms with Crippen molar-refractivity contribution in [1.82, 2.24) is 4.90 Å². The van der Waals surface area contributed by atoms with Gasteiger partial charge in [0.1, 0.15) is 12.4 Å². The minimum atomic E-state index is 0.526. The van der Waals surface area contributed by atoms with E-state index in [1.807, 2.05) is 38.4 Å². The van der Waals surface area contributed by atoms with Gasteiger partial charge < -0.3 is 15.4 Å². The maximum atomic E-state index is 5.62. The molecule has 2 N–H and O–H groups in total. The van der Waals surface area contributed by atoms with Gasteiger partial charge in [-0.2, -0.15) is 0 Å². The zero-order valence-corrected chi connectivity index (χ0v) is 8.86. The summed E-state index contributed by atoms with van der Waals surface area (Å²) in [6.45, 7) is 2.14. The first-order valence-corrected chi connectivity index (χ1v) is 4.79. The van der Waals surface area contributed by atoms with E-state index in [-0.39, 0.29) is 0 Å². The van der Waals surface area contributed by atoms with E-state index in [0.29, 0.717) is 13.2 Å². The van der Waals surface area contributed by atoms with Crippen LogP contribution in [0.25, 0.3) is 0 Å². The molecule has 1 aromatic carbocycles. The van der Waals surface area contributed by atoms with Crippen LogP contribution in [0.4, 0.5) is 0 Å². The molecule has 0 aliphatic heterocycles. The number of nitrogens with zero attached hydrogens (tertiary/aromatic N) is 1. The Kier molecular flexibility index (Phi) is 4.43. The highest BCUT2D eigenvalue weighted by atomic mass is 16.5. The number of likely N-dealkylation sites (N-methyl/N-ethyl adjacent to an activating group) is 1. The van der Waals surface area contributed by atoms with Gasteiger partial charge in [0, 0.05) is 18.7 Å². The van der Waals surface area contributed by atoms with Crippen molar-refractivity contribution in [1.29, 1.82) is 0 Å². The molecule has 78 valence electrons. The Morgan fingerprint density at radius 3 is 2.64 bits per heavy atom. The van der Waals surface area contributed by atoms with Crippen molar-refractivity contribution in [2.75, 3.05) is 27.2 Å². The quantitative estimate of drug-likeness (QED) is 0.762. The number of rotatable bonds is 5. The number of para-hydroxylation sites is 1. The van der Waals surface area contributed by atoms with Gasteiger partial charge in [-0.1, -0.05) is 18.2 Å².